The first-order chi connectivity index (χ1) is 14.4. The lowest BCUT2D eigenvalue weighted by atomic mass is 9.59. The van der Waals surface area contributed by atoms with E-state index in [4.69, 9.17) is 0 Å². The number of hydrogen-bond donors (Lipinski definition) is 1. The average molecular weight is 408 g/mol. The van der Waals surface area contributed by atoms with Gasteiger partial charge in [0, 0.05) is 27.2 Å². The van der Waals surface area contributed by atoms with Crippen LogP contribution >= 0.6 is 0 Å². The molecule has 0 bridgehead atoms. The van der Waals surface area contributed by atoms with Crippen LogP contribution in [0.2, 0.25) is 0 Å². The number of aromatic nitrogens is 1. The fourth-order valence-corrected chi connectivity index (χ4v) is 6.63. The second-order valence-electron chi connectivity index (χ2n) is 12.1. The van der Waals surface area contributed by atoms with E-state index in [9.17, 15) is 0 Å². The summed E-state index contributed by atoms with van der Waals surface area (Å²) < 4.78 is 0. The molecule has 0 saturated carbocycles. The van der Waals surface area contributed by atoms with Crippen LogP contribution in [0.1, 0.15) is 77.6 Å². The van der Waals surface area contributed by atoms with Crippen LogP contribution in [0.15, 0.2) is 48.5 Å². The van der Waals surface area contributed by atoms with Crippen LogP contribution in [0, 0.1) is 5.41 Å². The number of rotatable bonds is 0. The van der Waals surface area contributed by atoms with Gasteiger partial charge in [0.1, 0.15) is 0 Å². The minimum Gasteiger partial charge on any atom is -0.354 e. The molecule has 1 N–H and O–H groups in total. The summed E-state index contributed by atoms with van der Waals surface area (Å²) in [6.07, 6.45) is 0. The molecule has 0 atom stereocenters. The summed E-state index contributed by atoms with van der Waals surface area (Å²) in [4.78, 5) is 3.79. The Morgan fingerprint density at radius 2 is 1.10 bits per heavy atom. The summed E-state index contributed by atoms with van der Waals surface area (Å²) in [5.74, 6) is 0. The van der Waals surface area contributed by atoms with Crippen molar-refractivity contribution in [3.05, 3.63) is 70.8 Å². The lowest BCUT2D eigenvalue weighted by Crippen LogP contribution is -2.42. The fraction of sp³-hybridized carbons (Fsp3) is 0.400. The SMILES string of the molecule is CC1(C)c2ccccc2-c2cc3c(cc21)[nH]c1cc2c(cc13)C(C)(C)C(C)(C)C2(C)C. The zero-order valence-corrected chi connectivity index (χ0v) is 20.1. The Balaban J connectivity index is 1.69. The van der Waals surface area contributed by atoms with Gasteiger partial charge in [-0.25, -0.2) is 0 Å². The minimum atomic E-state index is 0.0349. The number of H-pyrrole nitrogens is 1. The van der Waals surface area contributed by atoms with Crippen LogP contribution in [0.25, 0.3) is 32.9 Å². The van der Waals surface area contributed by atoms with Crippen molar-refractivity contribution < 1.29 is 0 Å². The fourth-order valence-electron chi connectivity index (χ4n) is 6.63. The molecular weight excluding hydrogens is 374 g/mol. The summed E-state index contributed by atoms with van der Waals surface area (Å²) in [6, 6.07) is 18.7. The predicted molar refractivity (Wildman–Crippen MR) is 133 cm³/mol. The molecule has 0 unspecified atom stereocenters. The Morgan fingerprint density at radius 1 is 0.548 bits per heavy atom. The summed E-state index contributed by atoms with van der Waals surface area (Å²) in [5, 5.41) is 2.71. The molecule has 1 nitrogen and oxygen atoms in total. The molecule has 31 heavy (non-hydrogen) atoms. The van der Waals surface area contributed by atoms with Crippen molar-refractivity contribution in [2.75, 3.05) is 0 Å². The molecule has 1 aromatic heterocycles. The molecule has 2 aliphatic carbocycles. The molecule has 1 heterocycles. The molecule has 0 fully saturated rings. The monoisotopic (exact) mass is 407 g/mol. The van der Waals surface area contributed by atoms with Gasteiger partial charge in [-0.2, -0.15) is 0 Å². The van der Waals surface area contributed by atoms with Gasteiger partial charge in [-0.05, 0) is 73.9 Å². The first-order valence-electron chi connectivity index (χ1n) is 11.6. The Hall–Kier alpha value is -2.54. The lowest BCUT2D eigenvalue weighted by molar-refractivity contribution is 0.125. The van der Waals surface area contributed by atoms with Crippen LogP contribution in [0.3, 0.4) is 0 Å². The Labute approximate surface area is 185 Å². The van der Waals surface area contributed by atoms with E-state index >= 15 is 0 Å². The maximum Gasteiger partial charge on any atom is 0.0468 e. The smallest absolute Gasteiger partial charge is 0.0468 e. The van der Waals surface area contributed by atoms with Crippen molar-refractivity contribution in [3.63, 3.8) is 0 Å². The zero-order chi connectivity index (χ0) is 22.1. The van der Waals surface area contributed by atoms with E-state index < -0.39 is 0 Å². The molecule has 3 aromatic carbocycles. The maximum absolute atomic E-state index is 3.79. The molecule has 1 heteroatoms. The van der Waals surface area contributed by atoms with Crippen molar-refractivity contribution in [1.29, 1.82) is 0 Å². The van der Waals surface area contributed by atoms with E-state index in [2.05, 4.69) is 109 Å². The minimum absolute atomic E-state index is 0.0349. The molecular formula is C30H33N. The molecule has 0 radical (unpaired) electrons. The van der Waals surface area contributed by atoms with Crippen LogP contribution in [0.5, 0.6) is 0 Å². The summed E-state index contributed by atoms with van der Waals surface area (Å²) in [7, 11) is 0. The molecule has 2 aliphatic rings. The van der Waals surface area contributed by atoms with Crippen molar-refractivity contribution in [3.8, 4) is 11.1 Å². The second kappa shape index (κ2) is 5.26. The van der Waals surface area contributed by atoms with E-state index in [1.807, 2.05) is 0 Å². The van der Waals surface area contributed by atoms with Crippen molar-refractivity contribution in [2.45, 2.75) is 71.6 Å². The highest BCUT2D eigenvalue weighted by molar-refractivity contribution is 6.10. The first kappa shape index (κ1) is 19.2. The number of fused-ring (bicyclic) bond motifs is 7. The Bertz CT molecular complexity index is 1420. The van der Waals surface area contributed by atoms with Crippen molar-refractivity contribution in [2.24, 2.45) is 5.41 Å². The van der Waals surface area contributed by atoms with Crippen molar-refractivity contribution in [1.82, 2.24) is 4.98 Å². The van der Waals surface area contributed by atoms with Crippen LogP contribution < -0.4 is 0 Å². The molecule has 0 spiro atoms. The van der Waals surface area contributed by atoms with Gasteiger partial charge in [-0.3, -0.25) is 0 Å². The predicted octanol–water partition coefficient (Wildman–Crippen LogP) is 8.22. The van der Waals surface area contributed by atoms with Crippen LogP contribution in [-0.4, -0.2) is 4.98 Å². The highest BCUT2D eigenvalue weighted by Crippen LogP contribution is 2.62. The third-order valence-corrected chi connectivity index (χ3v) is 9.91. The van der Waals surface area contributed by atoms with E-state index in [0.717, 1.165) is 0 Å². The van der Waals surface area contributed by atoms with Crippen LogP contribution in [-0.2, 0) is 16.2 Å². The molecule has 0 aliphatic heterocycles. The zero-order valence-electron chi connectivity index (χ0n) is 20.1. The molecule has 6 rings (SSSR count). The average Bonchev–Trinajstić information content (AvgIpc) is 3.20. The van der Waals surface area contributed by atoms with Gasteiger partial charge in [0.05, 0.1) is 0 Å². The number of aromatic amines is 1. The quantitative estimate of drug-likeness (QED) is 0.302. The van der Waals surface area contributed by atoms with Gasteiger partial charge in [-0.15, -0.1) is 0 Å². The standard InChI is InChI=1S/C30H33N/c1-27(2)21-12-10-9-11-17(21)18-13-19-20-14-23-24(16-26(20)31-25(19)15-22(18)27)29(5,6)30(7,8)28(23,3)4/h9-16,31H,1-8H3. The molecule has 0 amide bonds. The topological polar surface area (TPSA) is 15.8 Å². The number of benzene rings is 3. The van der Waals surface area contributed by atoms with Crippen LogP contribution in [0.4, 0.5) is 0 Å². The normalized spacial score (nSPS) is 21.3. The third kappa shape index (κ3) is 1.99. The summed E-state index contributed by atoms with van der Waals surface area (Å²) >= 11 is 0. The maximum atomic E-state index is 3.79. The molecule has 158 valence electrons. The highest BCUT2D eigenvalue weighted by atomic mass is 14.7. The molecule has 4 aromatic rings. The van der Waals surface area contributed by atoms with E-state index in [-0.39, 0.29) is 21.7 Å². The van der Waals surface area contributed by atoms with Crippen molar-refractivity contribution >= 4 is 21.8 Å². The van der Waals surface area contributed by atoms with E-state index in [0.29, 0.717) is 0 Å². The van der Waals surface area contributed by atoms with Gasteiger partial charge in [-0.1, -0.05) is 79.7 Å². The molecule has 0 saturated heterocycles. The van der Waals surface area contributed by atoms with Gasteiger partial charge in [0.2, 0.25) is 0 Å². The Kier molecular flexibility index (Phi) is 3.25. The summed E-state index contributed by atoms with van der Waals surface area (Å²) in [5.41, 5.74) is 11.7. The third-order valence-electron chi connectivity index (χ3n) is 9.91. The van der Waals surface area contributed by atoms with Gasteiger partial charge >= 0.3 is 0 Å². The largest absolute Gasteiger partial charge is 0.354 e. The highest BCUT2D eigenvalue weighted by Gasteiger charge is 2.56. The van der Waals surface area contributed by atoms with Gasteiger partial charge in [0.25, 0.3) is 0 Å². The Morgan fingerprint density at radius 3 is 1.77 bits per heavy atom. The first-order valence-corrected chi connectivity index (χ1v) is 11.6. The lowest BCUT2D eigenvalue weighted by Gasteiger charge is -2.44. The van der Waals surface area contributed by atoms with E-state index in [1.54, 1.807) is 0 Å². The number of hydrogen-bond acceptors (Lipinski definition) is 0. The second-order valence-corrected chi connectivity index (χ2v) is 12.1. The van der Waals surface area contributed by atoms with E-state index in [1.165, 1.54) is 55.2 Å². The number of nitrogens with one attached hydrogen (secondary N) is 1. The van der Waals surface area contributed by atoms with Gasteiger partial charge in [0.15, 0.2) is 0 Å². The van der Waals surface area contributed by atoms with Gasteiger partial charge < -0.3 is 4.98 Å². The summed E-state index contributed by atoms with van der Waals surface area (Å²) in [6.45, 7) is 19.3.